The maximum absolute atomic E-state index is 12.6. The summed E-state index contributed by atoms with van der Waals surface area (Å²) in [5, 5.41) is 4.42. The van der Waals surface area contributed by atoms with Crippen LogP contribution in [0.2, 0.25) is 10.0 Å². The maximum Gasteiger partial charge on any atom is 0.175 e. The van der Waals surface area contributed by atoms with Gasteiger partial charge < -0.3 is 10.1 Å². The fourth-order valence-corrected chi connectivity index (χ4v) is 5.72. The van der Waals surface area contributed by atoms with Gasteiger partial charge in [-0.25, -0.2) is 12.8 Å². The van der Waals surface area contributed by atoms with E-state index in [1.54, 1.807) is 30.3 Å². The summed E-state index contributed by atoms with van der Waals surface area (Å²) in [5.74, 6) is 0.581. The van der Waals surface area contributed by atoms with Crippen LogP contribution in [-0.2, 0) is 16.3 Å². The molecule has 9 heteroatoms. The second-order valence-corrected chi connectivity index (χ2v) is 11.0. The summed E-state index contributed by atoms with van der Waals surface area (Å²) in [6.45, 7) is 1.66. The van der Waals surface area contributed by atoms with Crippen molar-refractivity contribution < 1.29 is 17.5 Å². The van der Waals surface area contributed by atoms with E-state index in [2.05, 4.69) is 10.2 Å². The summed E-state index contributed by atoms with van der Waals surface area (Å²) >= 11 is 12.8. The van der Waals surface area contributed by atoms with Crippen LogP contribution in [0.15, 0.2) is 41.3 Å². The molecule has 1 saturated heterocycles. The Morgan fingerprint density at radius 3 is 2.65 bits per heavy atom. The van der Waals surface area contributed by atoms with Gasteiger partial charge in [-0.3, -0.25) is 4.90 Å². The average molecular weight is 487 g/mol. The maximum atomic E-state index is 12.6. The van der Waals surface area contributed by atoms with Gasteiger partial charge in [0.15, 0.2) is 9.84 Å². The fourth-order valence-electron chi connectivity index (χ4n) is 4.50. The second kappa shape index (κ2) is 9.24. The van der Waals surface area contributed by atoms with Gasteiger partial charge in [-0.05, 0) is 54.8 Å². The second-order valence-electron chi connectivity index (χ2n) is 8.13. The largest absolute Gasteiger partial charge is 0.484 e. The molecule has 0 amide bonds. The average Bonchev–Trinajstić information content (AvgIpc) is 3.31. The number of benzene rings is 2. The molecule has 1 fully saturated rings. The van der Waals surface area contributed by atoms with Crippen molar-refractivity contribution in [1.82, 2.24) is 10.2 Å². The lowest BCUT2D eigenvalue weighted by molar-refractivity contribution is 0.0925. The minimum atomic E-state index is -3.28. The third kappa shape index (κ3) is 5.01. The summed E-state index contributed by atoms with van der Waals surface area (Å²) in [6.07, 6.45) is 2.55. The normalized spacial score (nSPS) is 23.8. The van der Waals surface area contributed by atoms with E-state index in [1.165, 1.54) is 6.26 Å². The Morgan fingerprint density at radius 2 is 1.97 bits per heavy atom. The van der Waals surface area contributed by atoms with E-state index in [0.717, 1.165) is 37.1 Å². The molecule has 0 bridgehead atoms. The number of nitrogens with one attached hydrogen (secondary N) is 1. The van der Waals surface area contributed by atoms with E-state index in [-0.39, 0.29) is 29.8 Å². The summed E-state index contributed by atoms with van der Waals surface area (Å²) < 4.78 is 42.4. The molecule has 31 heavy (non-hydrogen) atoms. The van der Waals surface area contributed by atoms with Gasteiger partial charge in [-0.1, -0.05) is 23.2 Å². The van der Waals surface area contributed by atoms with E-state index in [0.29, 0.717) is 22.3 Å². The predicted octanol–water partition coefficient (Wildman–Crippen LogP) is 4.08. The molecule has 3 atom stereocenters. The number of nitrogens with zero attached hydrogens (tertiary/aromatic N) is 1. The van der Waals surface area contributed by atoms with Crippen LogP contribution in [0.1, 0.15) is 23.7 Å². The van der Waals surface area contributed by atoms with E-state index < -0.39 is 9.84 Å². The van der Waals surface area contributed by atoms with Gasteiger partial charge in [0.25, 0.3) is 0 Å². The number of ether oxygens (including phenoxy) is 1. The van der Waals surface area contributed by atoms with Gasteiger partial charge in [-0.15, -0.1) is 0 Å². The van der Waals surface area contributed by atoms with Crippen molar-refractivity contribution >= 4 is 33.0 Å². The van der Waals surface area contributed by atoms with Crippen LogP contribution < -0.4 is 10.1 Å². The minimum absolute atomic E-state index is 0.0535. The van der Waals surface area contributed by atoms with Crippen molar-refractivity contribution in [3.8, 4) is 5.75 Å². The first-order chi connectivity index (χ1) is 14.8. The van der Waals surface area contributed by atoms with Crippen LogP contribution in [0, 0.1) is 0 Å². The Morgan fingerprint density at radius 1 is 1.23 bits per heavy atom. The monoisotopic (exact) mass is 486 g/mol. The van der Waals surface area contributed by atoms with Gasteiger partial charge in [0.2, 0.25) is 0 Å². The Hall–Kier alpha value is -1.38. The summed E-state index contributed by atoms with van der Waals surface area (Å²) in [7, 11) is -3.28. The highest BCUT2D eigenvalue weighted by atomic mass is 35.5. The van der Waals surface area contributed by atoms with Crippen molar-refractivity contribution in [1.29, 1.82) is 0 Å². The number of halogens is 3. The topological polar surface area (TPSA) is 58.6 Å². The Kier molecular flexibility index (Phi) is 6.79. The molecular weight excluding hydrogens is 462 g/mol. The van der Waals surface area contributed by atoms with Crippen LogP contribution >= 0.6 is 23.2 Å². The first-order valence-electron chi connectivity index (χ1n) is 10.2. The van der Waals surface area contributed by atoms with Gasteiger partial charge in [0.05, 0.1) is 10.9 Å². The third-order valence-corrected chi connectivity index (χ3v) is 7.68. The van der Waals surface area contributed by atoms with E-state index >= 15 is 0 Å². The summed E-state index contributed by atoms with van der Waals surface area (Å²) in [4.78, 5) is 2.60. The van der Waals surface area contributed by atoms with Gasteiger partial charge in [0.1, 0.15) is 18.5 Å². The van der Waals surface area contributed by atoms with E-state index in [1.807, 2.05) is 6.07 Å². The standard InChI is InChI=1S/C22H25Cl2FN2O3S/c1-31(28,29)17-4-2-16(3-5-17)30-22-19-10-14(23)11-20(24)18(19)12-21(22)27-9-6-15(13-27)26-8-7-25/h2-5,10-11,15,21-22,26H,6-9,12-13H2,1H3. The Labute approximate surface area is 192 Å². The Bertz CT molecular complexity index is 1050. The molecule has 0 spiro atoms. The van der Waals surface area contributed by atoms with Gasteiger partial charge in [-0.2, -0.15) is 0 Å². The van der Waals surface area contributed by atoms with Crippen LogP contribution in [0.4, 0.5) is 4.39 Å². The van der Waals surface area contributed by atoms with Crippen molar-refractivity contribution in [2.45, 2.75) is 35.9 Å². The summed E-state index contributed by atoms with van der Waals surface area (Å²) in [5.41, 5.74) is 1.98. The number of rotatable bonds is 7. The van der Waals surface area contributed by atoms with E-state index in [4.69, 9.17) is 27.9 Å². The molecule has 1 N–H and O–H groups in total. The molecule has 3 unspecified atom stereocenters. The SMILES string of the molecule is CS(=O)(=O)c1ccc(OC2c3cc(Cl)cc(Cl)c3CC2N2CCC(NCCF)C2)cc1. The molecule has 0 aromatic heterocycles. The number of hydrogen-bond acceptors (Lipinski definition) is 5. The molecule has 168 valence electrons. The predicted molar refractivity (Wildman–Crippen MR) is 121 cm³/mol. The number of fused-ring (bicyclic) bond motifs is 1. The van der Waals surface area contributed by atoms with Gasteiger partial charge in [0, 0.05) is 47.5 Å². The molecule has 2 aromatic carbocycles. The fraction of sp³-hybridized carbons (Fsp3) is 0.455. The quantitative estimate of drug-likeness (QED) is 0.638. The van der Waals surface area contributed by atoms with Crippen LogP contribution in [0.5, 0.6) is 5.75 Å². The zero-order valence-corrected chi connectivity index (χ0v) is 19.5. The number of likely N-dealkylation sites (tertiary alicyclic amines) is 1. The molecule has 5 nitrogen and oxygen atoms in total. The zero-order valence-electron chi connectivity index (χ0n) is 17.2. The number of alkyl halides is 1. The number of hydrogen-bond donors (Lipinski definition) is 1. The smallest absolute Gasteiger partial charge is 0.175 e. The van der Waals surface area contributed by atoms with Crippen LogP contribution in [-0.4, -0.2) is 58.0 Å². The van der Waals surface area contributed by atoms with Crippen molar-refractivity contribution in [2.24, 2.45) is 0 Å². The highest BCUT2D eigenvalue weighted by Crippen LogP contribution is 2.43. The van der Waals surface area contributed by atoms with Crippen LogP contribution in [0.3, 0.4) is 0 Å². The molecule has 2 aliphatic rings. The Balaban J connectivity index is 1.60. The van der Waals surface area contributed by atoms with Crippen LogP contribution in [0.25, 0.3) is 0 Å². The highest BCUT2D eigenvalue weighted by Gasteiger charge is 2.41. The van der Waals surface area contributed by atoms with Crippen molar-refractivity contribution in [3.05, 3.63) is 57.6 Å². The molecule has 0 saturated carbocycles. The first-order valence-corrected chi connectivity index (χ1v) is 12.9. The molecular formula is C22H25Cl2FN2O3S. The zero-order chi connectivity index (χ0) is 22.2. The lowest BCUT2D eigenvalue weighted by Gasteiger charge is -2.30. The number of sulfone groups is 1. The lowest BCUT2D eigenvalue weighted by Crippen LogP contribution is -2.41. The van der Waals surface area contributed by atoms with Crippen molar-refractivity contribution in [3.63, 3.8) is 0 Å². The first kappa shape index (κ1) is 22.8. The highest BCUT2D eigenvalue weighted by molar-refractivity contribution is 7.90. The minimum Gasteiger partial charge on any atom is -0.484 e. The molecule has 1 aliphatic heterocycles. The summed E-state index contributed by atoms with van der Waals surface area (Å²) in [6, 6.07) is 10.4. The molecule has 1 aliphatic carbocycles. The van der Waals surface area contributed by atoms with E-state index in [9.17, 15) is 12.8 Å². The lowest BCUT2D eigenvalue weighted by atomic mass is 10.1. The molecule has 1 heterocycles. The molecule has 2 aromatic rings. The molecule has 4 rings (SSSR count). The molecule has 0 radical (unpaired) electrons. The van der Waals surface area contributed by atoms with Crippen molar-refractivity contribution in [2.75, 3.05) is 32.6 Å². The third-order valence-electron chi connectivity index (χ3n) is 6.00. The van der Waals surface area contributed by atoms with Gasteiger partial charge >= 0.3 is 0 Å².